The van der Waals surface area contributed by atoms with Crippen LogP contribution in [-0.2, 0) is 9.59 Å². The molecular formula is C11H24O8. The van der Waals surface area contributed by atoms with Crippen molar-refractivity contribution in [2.75, 3.05) is 6.61 Å². The molecule has 1 unspecified atom stereocenters. The van der Waals surface area contributed by atoms with Crippen LogP contribution >= 0.6 is 0 Å². The second-order valence-corrected chi connectivity index (χ2v) is 3.54. The summed E-state index contributed by atoms with van der Waals surface area (Å²) in [6.45, 7) is 2.51. The molecule has 0 heterocycles. The first-order chi connectivity index (χ1) is 8.68. The maximum absolute atomic E-state index is 9.45. The second-order valence-electron chi connectivity index (χ2n) is 3.54. The number of aliphatic hydroxyl groups is 4. The summed E-state index contributed by atoms with van der Waals surface area (Å²) in [5, 5.41) is 47.5. The zero-order valence-corrected chi connectivity index (χ0v) is 11.2. The van der Waals surface area contributed by atoms with Gasteiger partial charge < -0.3 is 30.6 Å². The normalized spacial score (nSPS) is 10.7. The Balaban J connectivity index is -0.000000209. The van der Waals surface area contributed by atoms with Crippen molar-refractivity contribution in [1.29, 1.82) is 0 Å². The molecule has 0 saturated heterocycles. The molecule has 19 heavy (non-hydrogen) atoms. The van der Waals surface area contributed by atoms with Gasteiger partial charge in [-0.1, -0.05) is 19.8 Å². The van der Waals surface area contributed by atoms with Crippen LogP contribution in [-0.4, -0.2) is 61.6 Å². The van der Waals surface area contributed by atoms with Gasteiger partial charge in [0, 0.05) is 0 Å². The smallest absolute Gasteiger partial charge is 0.332 e. The van der Waals surface area contributed by atoms with Gasteiger partial charge in [0.15, 0.2) is 6.29 Å². The van der Waals surface area contributed by atoms with Crippen molar-refractivity contribution in [2.24, 2.45) is 0 Å². The van der Waals surface area contributed by atoms with Crippen molar-refractivity contribution < 1.29 is 40.2 Å². The van der Waals surface area contributed by atoms with E-state index in [1.807, 2.05) is 0 Å². The van der Waals surface area contributed by atoms with Gasteiger partial charge in [-0.3, -0.25) is 0 Å². The van der Waals surface area contributed by atoms with E-state index in [1.165, 1.54) is 6.92 Å². The molecule has 8 heteroatoms. The number of carboxylic acid groups (broad SMARTS) is 2. The highest BCUT2D eigenvalue weighted by Crippen LogP contribution is 1.99. The summed E-state index contributed by atoms with van der Waals surface area (Å²) in [5.41, 5.74) is 0. The third kappa shape index (κ3) is 38.3. The van der Waals surface area contributed by atoms with E-state index in [2.05, 4.69) is 6.92 Å². The summed E-state index contributed by atoms with van der Waals surface area (Å²) in [6.07, 6.45) is 1.35. The van der Waals surface area contributed by atoms with Crippen LogP contribution in [0, 0.1) is 0 Å². The molecule has 0 spiro atoms. The lowest BCUT2D eigenvalue weighted by Gasteiger charge is -1.99. The van der Waals surface area contributed by atoms with Crippen LogP contribution in [0.2, 0.25) is 0 Å². The lowest BCUT2D eigenvalue weighted by Crippen LogP contribution is -2.13. The average Bonchev–Trinajstić information content (AvgIpc) is 2.30. The van der Waals surface area contributed by atoms with Crippen LogP contribution in [0.3, 0.4) is 0 Å². The Kier molecular flexibility index (Phi) is 20.2. The lowest BCUT2D eigenvalue weighted by molar-refractivity contribution is -0.145. The lowest BCUT2D eigenvalue weighted by atomic mass is 10.2. The first-order valence-electron chi connectivity index (χ1n) is 5.78. The number of unbranched alkanes of at least 4 members (excludes halogenated alkanes) is 2. The molecule has 0 radical (unpaired) electrons. The molecule has 0 aromatic carbocycles. The number of carbonyl (C=O) groups is 2. The van der Waals surface area contributed by atoms with E-state index in [4.69, 9.17) is 35.4 Å². The Morgan fingerprint density at radius 1 is 1.05 bits per heavy atom. The molecule has 6 N–H and O–H groups in total. The van der Waals surface area contributed by atoms with Gasteiger partial charge in [0.2, 0.25) is 0 Å². The van der Waals surface area contributed by atoms with Crippen molar-refractivity contribution in [3.8, 4) is 0 Å². The van der Waals surface area contributed by atoms with Crippen LogP contribution in [0.15, 0.2) is 0 Å². The van der Waals surface area contributed by atoms with Gasteiger partial charge in [0.1, 0.15) is 12.7 Å². The van der Waals surface area contributed by atoms with Crippen molar-refractivity contribution in [1.82, 2.24) is 0 Å². The molecular weight excluding hydrogens is 260 g/mol. The summed E-state index contributed by atoms with van der Waals surface area (Å²) in [6, 6.07) is 0. The van der Waals surface area contributed by atoms with Gasteiger partial charge in [-0.05, 0) is 19.8 Å². The molecule has 0 saturated carbocycles. The van der Waals surface area contributed by atoms with E-state index < -0.39 is 30.9 Å². The van der Waals surface area contributed by atoms with Crippen LogP contribution in [0.4, 0.5) is 0 Å². The zero-order valence-electron chi connectivity index (χ0n) is 11.2. The van der Waals surface area contributed by atoms with Gasteiger partial charge in [-0.2, -0.15) is 0 Å². The minimum atomic E-state index is -1.23. The first kappa shape index (κ1) is 22.9. The summed E-state index contributed by atoms with van der Waals surface area (Å²) < 4.78 is 0. The van der Waals surface area contributed by atoms with E-state index in [9.17, 15) is 4.79 Å². The Morgan fingerprint density at radius 3 is 1.58 bits per heavy atom. The molecule has 0 aliphatic rings. The van der Waals surface area contributed by atoms with E-state index in [0.717, 1.165) is 19.3 Å². The molecule has 116 valence electrons. The number of aliphatic carboxylic acids is 2. The van der Waals surface area contributed by atoms with Gasteiger partial charge in [-0.15, -0.1) is 0 Å². The highest BCUT2D eigenvalue weighted by molar-refractivity contribution is 5.71. The molecule has 0 aromatic heterocycles. The predicted octanol–water partition coefficient (Wildman–Crippen LogP) is -0.607. The Morgan fingerprint density at radius 2 is 1.42 bits per heavy atom. The fourth-order valence-electron chi connectivity index (χ4n) is 0.577. The third-order valence-corrected chi connectivity index (χ3v) is 1.56. The van der Waals surface area contributed by atoms with Gasteiger partial charge in [0.25, 0.3) is 0 Å². The first-order valence-corrected chi connectivity index (χ1v) is 5.78. The highest BCUT2D eigenvalue weighted by atomic mass is 16.5. The highest BCUT2D eigenvalue weighted by Gasteiger charge is 2.01. The van der Waals surface area contributed by atoms with Crippen molar-refractivity contribution in [2.45, 2.75) is 51.9 Å². The summed E-state index contributed by atoms with van der Waals surface area (Å²) in [4.78, 5) is 18.6. The minimum Gasteiger partial charge on any atom is -0.480 e. The SMILES string of the molecule is CC(O)C(=O)O.CCCCCC(O)O.O=C(O)CO. The minimum absolute atomic E-state index is 0.522. The molecule has 0 amide bonds. The monoisotopic (exact) mass is 284 g/mol. The fraction of sp³-hybridized carbons (Fsp3) is 0.818. The van der Waals surface area contributed by atoms with Gasteiger partial charge in [-0.25, -0.2) is 9.59 Å². The maximum atomic E-state index is 9.45. The standard InChI is InChI=1S/C6H14O2.C3H6O3.C2H4O3/c1-2-3-4-5-6(7)8;1-2(4)3(5)6;3-1-2(4)5/h6-8H,2-5H2,1H3;2,4H,1H3,(H,5,6);3H,1H2,(H,4,5). The molecule has 0 bridgehead atoms. The molecule has 0 aliphatic heterocycles. The number of carboxylic acids is 2. The largest absolute Gasteiger partial charge is 0.480 e. The summed E-state index contributed by atoms with van der Waals surface area (Å²) in [7, 11) is 0. The third-order valence-electron chi connectivity index (χ3n) is 1.56. The number of aliphatic hydroxyl groups excluding tert-OH is 3. The number of hydrogen-bond donors (Lipinski definition) is 6. The molecule has 0 rings (SSSR count). The topological polar surface area (TPSA) is 156 Å². The quantitative estimate of drug-likeness (QED) is 0.279. The summed E-state index contributed by atoms with van der Waals surface area (Å²) in [5.74, 6) is -2.37. The van der Waals surface area contributed by atoms with E-state index in [-0.39, 0.29) is 0 Å². The summed E-state index contributed by atoms with van der Waals surface area (Å²) >= 11 is 0. The van der Waals surface area contributed by atoms with E-state index in [1.54, 1.807) is 0 Å². The molecule has 1 atom stereocenters. The second kappa shape index (κ2) is 16.8. The predicted molar refractivity (Wildman–Crippen MR) is 66.4 cm³/mol. The molecule has 8 nitrogen and oxygen atoms in total. The van der Waals surface area contributed by atoms with Gasteiger partial charge in [0.05, 0.1) is 0 Å². The van der Waals surface area contributed by atoms with Crippen molar-refractivity contribution in [3.05, 3.63) is 0 Å². The van der Waals surface area contributed by atoms with Crippen molar-refractivity contribution in [3.63, 3.8) is 0 Å². The Labute approximate surface area is 111 Å². The average molecular weight is 284 g/mol. The van der Waals surface area contributed by atoms with Crippen LogP contribution in [0.25, 0.3) is 0 Å². The Bertz CT molecular complexity index is 215. The van der Waals surface area contributed by atoms with Crippen LogP contribution in [0.1, 0.15) is 39.5 Å². The maximum Gasteiger partial charge on any atom is 0.332 e. The van der Waals surface area contributed by atoms with E-state index in [0.29, 0.717) is 6.42 Å². The fourth-order valence-corrected chi connectivity index (χ4v) is 0.577. The van der Waals surface area contributed by atoms with Crippen molar-refractivity contribution >= 4 is 11.9 Å². The molecule has 0 aromatic rings. The Hall–Kier alpha value is -1.22. The van der Waals surface area contributed by atoms with Crippen LogP contribution < -0.4 is 0 Å². The number of rotatable bonds is 6. The molecule has 0 aliphatic carbocycles. The zero-order chi connectivity index (χ0) is 15.8. The van der Waals surface area contributed by atoms with Gasteiger partial charge >= 0.3 is 11.9 Å². The molecule has 0 fully saturated rings. The van der Waals surface area contributed by atoms with E-state index >= 15 is 0 Å². The number of hydrogen-bond acceptors (Lipinski definition) is 6. The van der Waals surface area contributed by atoms with Crippen LogP contribution in [0.5, 0.6) is 0 Å².